The maximum Gasteiger partial charge on any atom is 0.271 e. The quantitative estimate of drug-likeness (QED) is 0.728. The number of piperidine rings is 1. The number of fused-ring (bicyclic) bond motifs is 1. The third-order valence-corrected chi connectivity index (χ3v) is 5.77. The van der Waals surface area contributed by atoms with E-state index in [4.69, 9.17) is 0 Å². The minimum absolute atomic E-state index is 0.0789. The van der Waals surface area contributed by atoms with Gasteiger partial charge in [-0.15, -0.1) is 11.3 Å². The first-order valence-corrected chi connectivity index (χ1v) is 9.23. The van der Waals surface area contributed by atoms with E-state index in [1.54, 1.807) is 10.9 Å². The van der Waals surface area contributed by atoms with E-state index in [2.05, 4.69) is 21.0 Å². The van der Waals surface area contributed by atoms with Crippen molar-refractivity contribution in [1.82, 2.24) is 24.2 Å². The molecule has 0 bridgehead atoms. The van der Waals surface area contributed by atoms with Crippen LogP contribution in [0.5, 0.6) is 0 Å². The van der Waals surface area contributed by atoms with Gasteiger partial charge in [-0.2, -0.15) is 5.10 Å². The molecule has 4 rings (SSSR count). The summed E-state index contributed by atoms with van der Waals surface area (Å²) in [6.07, 6.45) is 5.95. The molecule has 0 aromatic carbocycles. The first-order valence-electron chi connectivity index (χ1n) is 8.35. The average molecular weight is 343 g/mol. The van der Waals surface area contributed by atoms with Gasteiger partial charge in [0.25, 0.3) is 5.56 Å². The van der Waals surface area contributed by atoms with Gasteiger partial charge in [0.05, 0.1) is 11.8 Å². The van der Waals surface area contributed by atoms with Crippen molar-refractivity contribution in [1.29, 1.82) is 0 Å². The van der Waals surface area contributed by atoms with Crippen LogP contribution in [-0.4, -0.2) is 43.9 Å². The molecule has 1 aliphatic rings. The van der Waals surface area contributed by atoms with Gasteiger partial charge in [0, 0.05) is 44.5 Å². The summed E-state index contributed by atoms with van der Waals surface area (Å²) < 4.78 is 4.48. The maximum atomic E-state index is 12.5. The van der Waals surface area contributed by atoms with Gasteiger partial charge in [-0.1, -0.05) is 0 Å². The molecule has 1 fully saturated rings. The summed E-state index contributed by atoms with van der Waals surface area (Å²) >= 11 is 1.47. The van der Waals surface area contributed by atoms with E-state index < -0.39 is 0 Å². The van der Waals surface area contributed by atoms with Crippen molar-refractivity contribution >= 4 is 21.6 Å². The predicted molar refractivity (Wildman–Crippen MR) is 95.5 cm³/mol. The molecule has 0 radical (unpaired) electrons. The number of aryl methyl sites for hydroxylation is 1. The van der Waals surface area contributed by atoms with Gasteiger partial charge in [-0.3, -0.25) is 14.0 Å². The summed E-state index contributed by atoms with van der Waals surface area (Å²) in [5, 5.41) is 6.21. The Balaban J connectivity index is 1.44. The Labute approximate surface area is 144 Å². The summed E-state index contributed by atoms with van der Waals surface area (Å²) in [6.45, 7) is 3.70. The van der Waals surface area contributed by atoms with E-state index in [-0.39, 0.29) is 5.56 Å². The summed E-state index contributed by atoms with van der Waals surface area (Å²) in [4.78, 5) is 19.3. The van der Waals surface area contributed by atoms with Crippen LogP contribution in [0.15, 0.2) is 34.8 Å². The highest BCUT2D eigenvalue weighted by molar-refractivity contribution is 7.17. The molecule has 3 aromatic rings. The summed E-state index contributed by atoms with van der Waals surface area (Å²) in [6, 6.07) is 4.02. The molecule has 126 valence electrons. The van der Waals surface area contributed by atoms with Gasteiger partial charge in [0.1, 0.15) is 4.70 Å². The molecule has 0 saturated carbocycles. The largest absolute Gasteiger partial charge is 0.301 e. The maximum absolute atomic E-state index is 12.5. The van der Waals surface area contributed by atoms with E-state index in [1.807, 2.05) is 29.4 Å². The second-order valence-electron chi connectivity index (χ2n) is 6.40. The van der Waals surface area contributed by atoms with E-state index >= 15 is 0 Å². The van der Waals surface area contributed by atoms with Crippen molar-refractivity contribution in [3.8, 4) is 0 Å². The standard InChI is InChI=1S/C17H21N5OS/c1-20-15(4-6-19-20)13-3-2-7-21(11-13)8-9-22-12-18-14-5-10-24-16(14)17(22)23/h4-6,10,12-13H,2-3,7-9,11H2,1H3/t13-/m1/s1. The van der Waals surface area contributed by atoms with E-state index in [9.17, 15) is 4.79 Å². The number of hydrogen-bond donors (Lipinski definition) is 0. The van der Waals surface area contributed by atoms with E-state index in [0.29, 0.717) is 12.5 Å². The minimum Gasteiger partial charge on any atom is -0.301 e. The zero-order valence-electron chi connectivity index (χ0n) is 13.8. The lowest BCUT2D eigenvalue weighted by molar-refractivity contribution is 0.196. The Morgan fingerprint density at radius 2 is 2.25 bits per heavy atom. The molecule has 7 heteroatoms. The van der Waals surface area contributed by atoms with Crippen molar-refractivity contribution in [2.45, 2.75) is 25.3 Å². The molecule has 6 nitrogen and oxygen atoms in total. The second kappa shape index (κ2) is 6.49. The molecule has 1 atom stereocenters. The predicted octanol–water partition coefficient (Wildman–Crippen LogP) is 2.07. The highest BCUT2D eigenvalue weighted by Gasteiger charge is 2.23. The first kappa shape index (κ1) is 15.5. The fourth-order valence-corrected chi connectivity index (χ4v) is 4.36. The summed E-state index contributed by atoms with van der Waals surface area (Å²) in [5.41, 5.74) is 2.18. The van der Waals surface area contributed by atoms with Crippen molar-refractivity contribution in [3.05, 3.63) is 46.1 Å². The molecule has 0 aliphatic carbocycles. The Hall–Kier alpha value is -1.99. The molecule has 3 aromatic heterocycles. The van der Waals surface area contributed by atoms with Gasteiger partial charge < -0.3 is 4.90 Å². The van der Waals surface area contributed by atoms with Crippen LogP contribution < -0.4 is 5.56 Å². The molecule has 1 aliphatic heterocycles. The van der Waals surface area contributed by atoms with Crippen LogP contribution >= 0.6 is 11.3 Å². The Kier molecular flexibility index (Phi) is 4.20. The summed E-state index contributed by atoms with van der Waals surface area (Å²) in [7, 11) is 2.01. The van der Waals surface area contributed by atoms with E-state index in [1.165, 1.54) is 29.9 Å². The zero-order valence-corrected chi connectivity index (χ0v) is 14.6. The normalized spacial score (nSPS) is 19.1. The van der Waals surface area contributed by atoms with Gasteiger partial charge in [-0.05, 0) is 36.9 Å². The smallest absolute Gasteiger partial charge is 0.271 e. The molecule has 24 heavy (non-hydrogen) atoms. The fourth-order valence-electron chi connectivity index (χ4n) is 3.57. The van der Waals surface area contributed by atoms with Crippen LogP contribution in [0.2, 0.25) is 0 Å². The van der Waals surface area contributed by atoms with Gasteiger partial charge in [0.2, 0.25) is 0 Å². The van der Waals surface area contributed by atoms with Crippen LogP contribution in [0, 0.1) is 0 Å². The average Bonchev–Trinajstić information content (AvgIpc) is 3.23. The van der Waals surface area contributed by atoms with Crippen molar-refractivity contribution in [2.24, 2.45) is 7.05 Å². The number of aromatic nitrogens is 4. The Morgan fingerprint density at radius 3 is 3.08 bits per heavy atom. The lowest BCUT2D eigenvalue weighted by atomic mass is 9.95. The lowest BCUT2D eigenvalue weighted by Crippen LogP contribution is -2.38. The first-order chi connectivity index (χ1) is 11.7. The number of likely N-dealkylation sites (tertiary alicyclic amines) is 1. The Bertz CT molecular complexity index is 896. The van der Waals surface area contributed by atoms with Crippen LogP contribution in [0.4, 0.5) is 0 Å². The van der Waals surface area contributed by atoms with Crippen LogP contribution in [-0.2, 0) is 13.6 Å². The topological polar surface area (TPSA) is 56.0 Å². The third-order valence-electron chi connectivity index (χ3n) is 4.88. The van der Waals surface area contributed by atoms with Crippen LogP contribution in [0.25, 0.3) is 10.2 Å². The number of nitrogens with zero attached hydrogens (tertiary/aromatic N) is 5. The molecule has 0 N–H and O–H groups in total. The Morgan fingerprint density at radius 1 is 1.33 bits per heavy atom. The van der Waals surface area contributed by atoms with Crippen molar-refractivity contribution in [2.75, 3.05) is 19.6 Å². The molecule has 1 saturated heterocycles. The third kappa shape index (κ3) is 2.89. The SMILES string of the molecule is Cn1nccc1[C@@H]1CCCN(CCn2cnc3ccsc3c2=O)C1. The molecular weight excluding hydrogens is 322 g/mol. The zero-order chi connectivity index (χ0) is 16.5. The molecule has 4 heterocycles. The highest BCUT2D eigenvalue weighted by atomic mass is 32.1. The van der Waals surface area contributed by atoms with Crippen molar-refractivity contribution in [3.63, 3.8) is 0 Å². The highest BCUT2D eigenvalue weighted by Crippen LogP contribution is 2.26. The summed E-state index contributed by atoms with van der Waals surface area (Å²) in [5.74, 6) is 0.529. The number of rotatable bonds is 4. The molecule has 0 spiro atoms. The van der Waals surface area contributed by atoms with Crippen LogP contribution in [0.3, 0.4) is 0 Å². The fraction of sp³-hybridized carbons (Fsp3) is 0.471. The van der Waals surface area contributed by atoms with E-state index in [0.717, 1.165) is 29.9 Å². The minimum atomic E-state index is 0.0789. The van der Waals surface area contributed by atoms with Gasteiger partial charge in [0.15, 0.2) is 0 Å². The van der Waals surface area contributed by atoms with Gasteiger partial charge >= 0.3 is 0 Å². The molecule has 0 unspecified atom stereocenters. The lowest BCUT2D eigenvalue weighted by Gasteiger charge is -2.32. The van der Waals surface area contributed by atoms with Crippen LogP contribution in [0.1, 0.15) is 24.5 Å². The number of thiophene rings is 1. The monoisotopic (exact) mass is 343 g/mol. The number of hydrogen-bond acceptors (Lipinski definition) is 5. The molecule has 0 amide bonds. The second-order valence-corrected chi connectivity index (χ2v) is 7.31. The molecular formula is C17H21N5OS. The van der Waals surface area contributed by atoms with Gasteiger partial charge in [-0.25, -0.2) is 4.98 Å². The van der Waals surface area contributed by atoms with Crippen molar-refractivity contribution < 1.29 is 0 Å².